The first-order valence-corrected chi connectivity index (χ1v) is 7.58. The van der Waals surface area contributed by atoms with Gasteiger partial charge < -0.3 is 10.4 Å². The van der Waals surface area contributed by atoms with Crippen LogP contribution >= 0.6 is 15.9 Å². The van der Waals surface area contributed by atoms with Crippen molar-refractivity contribution < 1.29 is 27.5 Å². The quantitative estimate of drug-likeness (QED) is 0.243. The van der Waals surface area contributed by atoms with Gasteiger partial charge in [0.25, 0.3) is 0 Å². The summed E-state index contributed by atoms with van der Waals surface area (Å²) in [5.41, 5.74) is -1.59. The number of aliphatic hydroxyl groups excluding tert-OH is 1. The van der Waals surface area contributed by atoms with Crippen LogP contribution in [0.5, 0.6) is 0 Å². The zero-order chi connectivity index (χ0) is 17.9. The average molecular weight is 398 g/mol. The first kappa shape index (κ1) is 19.8. The SMILES string of the molecule is C=C(C(=O)c1c(F)c(F)c(Br)c(F)c1F)C(CC)NC(C)CO. The Kier molecular flexibility index (Phi) is 6.91. The third-order valence-electron chi connectivity index (χ3n) is 3.32. The molecule has 0 aromatic heterocycles. The summed E-state index contributed by atoms with van der Waals surface area (Å²) in [5.74, 6) is -8.19. The number of halogens is 5. The van der Waals surface area contributed by atoms with E-state index in [1.54, 1.807) is 13.8 Å². The molecule has 23 heavy (non-hydrogen) atoms. The Bertz CT molecular complexity index is 607. The average Bonchev–Trinajstić information content (AvgIpc) is 2.55. The summed E-state index contributed by atoms with van der Waals surface area (Å²) in [4.78, 5) is 12.2. The van der Waals surface area contributed by atoms with Crippen molar-refractivity contribution in [1.82, 2.24) is 5.32 Å². The van der Waals surface area contributed by atoms with E-state index in [0.29, 0.717) is 6.42 Å². The molecule has 1 rings (SSSR count). The van der Waals surface area contributed by atoms with E-state index in [1.165, 1.54) is 0 Å². The van der Waals surface area contributed by atoms with Gasteiger partial charge in [-0.25, -0.2) is 17.6 Å². The van der Waals surface area contributed by atoms with Crippen LogP contribution in [0.25, 0.3) is 0 Å². The van der Waals surface area contributed by atoms with Gasteiger partial charge in [0.2, 0.25) is 0 Å². The predicted octanol–water partition coefficient (Wildman–Crippen LogP) is 3.49. The molecule has 0 aliphatic rings. The molecule has 2 atom stereocenters. The molecule has 128 valence electrons. The number of ketones is 1. The fourth-order valence-corrected chi connectivity index (χ4v) is 2.33. The number of benzene rings is 1. The zero-order valence-corrected chi connectivity index (χ0v) is 14.1. The van der Waals surface area contributed by atoms with Crippen LogP contribution in [0.15, 0.2) is 16.6 Å². The molecule has 0 saturated heterocycles. The highest BCUT2D eigenvalue weighted by atomic mass is 79.9. The number of nitrogens with one attached hydrogen (secondary N) is 1. The highest BCUT2D eigenvalue weighted by Crippen LogP contribution is 2.30. The van der Waals surface area contributed by atoms with Crippen molar-refractivity contribution in [3.63, 3.8) is 0 Å². The Morgan fingerprint density at radius 3 is 2.09 bits per heavy atom. The molecule has 3 nitrogen and oxygen atoms in total. The van der Waals surface area contributed by atoms with Crippen molar-refractivity contribution >= 4 is 21.7 Å². The Balaban J connectivity index is 3.26. The maximum absolute atomic E-state index is 13.9. The maximum atomic E-state index is 13.9. The minimum Gasteiger partial charge on any atom is -0.395 e. The Labute approximate surface area is 139 Å². The molecule has 0 bridgehead atoms. The van der Waals surface area contributed by atoms with Crippen molar-refractivity contribution in [3.05, 3.63) is 45.5 Å². The largest absolute Gasteiger partial charge is 0.395 e. The van der Waals surface area contributed by atoms with E-state index in [4.69, 9.17) is 5.11 Å². The second-order valence-electron chi connectivity index (χ2n) is 5.01. The smallest absolute Gasteiger partial charge is 0.196 e. The molecule has 0 amide bonds. The second kappa shape index (κ2) is 8.03. The zero-order valence-electron chi connectivity index (χ0n) is 12.5. The fraction of sp³-hybridized carbons (Fsp3) is 0.400. The molecule has 0 aliphatic heterocycles. The highest BCUT2D eigenvalue weighted by molar-refractivity contribution is 9.10. The number of carbonyl (C=O) groups excluding carboxylic acids is 1. The molecular formula is C15H16BrF4NO2. The monoisotopic (exact) mass is 397 g/mol. The molecule has 0 radical (unpaired) electrons. The maximum Gasteiger partial charge on any atom is 0.196 e. The third-order valence-corrected chi connectivity index (χ3v) is 4.01. The van der Waals surface area contributed by atoms with E-state index in [9.17, 15) is 22.4 Å². The molecule has 1 aromatic rings. The summed E-state index contributed by atoms with van der Waals surface area (Å²) < 4.78 is 53.8. The van der Waals surface area contributed by atoms with Crippen LogP contribution in [0.4, 0.5) is 17.6 Å². The van der Waals surface area contributed by atoms with Gasteiger partial charge in [-0.1, -0.05) is 13.5 Å². The standard InChI is InChI=1S/C15H16BrF4NO2/c1-4-8(21-6(2)5-22)7(3)15(23)9-11(17)13(19)10(16)14(20)12(9)18/h6,8,21-22H,3-5H2,1-2H3. The number of hydrogen-bond acceptors (Lipinski definition) is 3. The van der Waals surface area contributed by atoms with Gasteiger partial charge in [-0.15, -0.1) is 0 Å². The normalized spacial score (nSPS) is 13.7. The fourth-order valence-electron chi connectivity index (χ4n) is 1.98. The van der Waals surface area contributed by atoms with E-state index in [2.05, 4.69) is 27.8 Å². The van der Waals surface area contributed by atoms with E-state index >= 15 is 0 Å². The third kappa shape index (κ3) is 3.99. The summed E-state index contributed by atoms with van der Waals surface area (Å²) in [7, 11) is 0. The Hall–Kier alpha value is -1.25. The Morgan fingerprint density at radius 1 is 1.22 bits per heavy atom. The lowest BCUT2D eigenvalue weighted by atomic mass is 9.95. The predicted molar refractivity (Wildman–Crippen MR) is 81.2 cm³/mol. The van der Waals surface area contributed by atoms with Crippen LogP contribution in [0.3, 0.4) is 0 Å². The lowest BCUT2D eigenvalue weighted by Crippen LogP contribution is -2.41. The Morgan fingerprint density at radius 2 is 1.70 bits per heavy atom. The lowest BCUT2D eigenvalue weighted by Gasteiger charge is -2.22. The van der Waals surface area contributed by atoms with Crippen molar-refractivity contribution in [1.29, 1.82) is 0 Å². The highest BCUT2D eigenvalue weighted by Gasteiger charge is 2.31. The minimum absolute atomic E-state index is 0.234. The topological polar surface area (TPSA) is 49.3 Å². The molecule has 0 spiro atoms. The van der Waals surface area contributed by atoms with Gasteiger partial charge >= 0.3 is 0 Å². The van der Waals surface area contributed by atoms with E-state index in [-0.39, 0.29) is 12.2 Å². The molecule has 0 fully saturated rings. The lowest BCUT2D eigenvalue weighted by molar-refractivity contribution is 0.101. The molecule has 1 aromatic carbocycles. The summed E-state index contributed by atoms with van der Waals surface area (Å²) in [5, 5.41) is 11.8. The van der Waals surface area contributed by atoms with Gasteiger partial charge in [-0.2, -0.15) is 0 Å². The summed E-state index contributed by atoms with van der Waals surface area (Å²) in [6.45, 7) is 6.54. The van der Waals surface area contributed by atoms with Crippen LogP contribution < -0.4 is 5.32 Å². The summed E-state index contributed by atoms with van der Waals surface area (Å²) in [6, 6.07) is -1.11. The first-order chi connectivity index (χ1) is 10.7. The van der Waals surface area contributed by atoms with Crippen LogP contribution in [0.1, 0.15) is 30.6 Å². The van der Waals surface area contributed by atoms with Crippen molar-refractivity contribution in [2.75, 3.05) is 6.61 Å². The molecular weight excluding hydrogens is 382 g/mol. The number of hydrogen-bond donors (Lipinski definition) is 2. The molecule has 0 saturated carbocycles. The van der Waals surface area contributed by atoms with Gasteiger partial charge in [-0.3, -0.25) is 4.79 Å². The minimum atomic E-state index is -1.79. The van der Waals surface area contributed by atoms with Crippen LogP contribution in [-0.4, -0.2) is 29.6 Å². The van der Waals surface area contributed by atoms with E-state index in [0.717, 1.165) is 0 Å². The second-order valence-corrected chi connectivity index (χ2v) is 5.80. The van der Waals surface area contributed by atoms with Crippen LogP contribution in [0, 0.1) is 23.3 Å². The van der Waals surface area contributed by atoms with Gasteiger partial charge in [0, 0.05) is 17.7 Å². The van der Waals surface area contributed by atoms with Gasteiger partial charge in [0.05, 0.1) is 16.6 Å². The molecule has 2 N–H and O–H groups in total. The van der Waals surface area contributed by atoms with Crippen molar-refractivity contribution in [2.45, 2.75) is 32.4 Å². The number of aliphatic hydroxyl groups is 1. The molecule has 0 aliphatic carbocycles. The molecule has 8 heteroatoms. The summed E-state index contributed by atoms with van der Waals surface area (Å²) in [6.07, 6.45) is 0.319. The van der Waals surface area contributed by atoms with Crippen LogP contribution in [0.2, 0.25) is 0 Å². The summed E-state index contributed by atoms with van der Waals surface area (Å²) >= 11 is 2.38. The van der Waals surface area contributed by atoms with E-state index in [1.807, 2.05) is 0 Å². The first-order valence-electron chi connectivity index (χ1n) is 6.79. The van der Waals surface area contributed by atoms with Gasteiger partial charge in [-0.05, 0) is 29.3 Å². The van der Waals surface area contributed by atoms with Gasteiger partial charge in [0.15, 0.2) is 29.1 Å². The number of Topliss-reactive ketones (excluding diaryl/α,β-unsaturated/α-hetero) is 1. The van der Waals surface area contributed by atoms with Crippen LogP contribution in [-0.2, 0) is 0 Å². The van der Waals surface area contributed by atoms with Crippen molar-refractivity contribution in [2.24, 2.45) is 0 Å². The van der Waals surface area contributed by atoms with Gasteiger partial charge in [0.1, 0.15) is 0 Å². The number of rotatable bonds is 7. The molecule has 0 heterocycles. The molecule has 2 unspecified atom stereocenters. The van der Waals surface area contributed by atoms with Crippen molar-refractivity contribution in [3.8, 4) is 0 Å². The van der Waals surface area contributed by atoms with E-state index < -0.39 is 51.2 Å². The number of carbonyl (C=O) groups is 1.